The molecule has 0 aliphatic heterocycles. The second-order valence-electron chi connectivity index (χ2n) is 5.67. The van der Waals surface area contributed by atoms with Crippen LogP contribution in [-0.4, -0.2) is 26.4 Å². The van der Waals surface area contributed by atoms with E-state index in [0.29, 0.717) is 17.1 Å². The number of methoxy groups -OCH3 is 2. The molecule has 0 N–H and O–H groups in total. The predicted molar refractivity (Wildman–Crippen MR) is 105 cm³/mol. The third-order valence-corrected chi connectivity index (χ3v) is 5.17. The summed E-state index contributed by atoms with van der Waals surface area (Å²) in [5, 5.41) is 1.00. The van der Waals surface area contributed by atoms with Crippen LogP contribution in [0, 0.1) is 6.92 Å². The molecule has 26 heavy (non-hydrogen) atoms. The van der Waals surface area contributed by atoms with Crippen molar-refractivity contribution in [2.24, 2.45) is 0 Å². The van der Waals surface area contributed by atoms with Crippen LogP contribution in [0.3, 0.4) is 0 Å². The van der Waals surface area contributed by atoms with Crippen LogP contribution in [0.15, 0.2) is 36.4 Å². The number of benzene rings is 2. The van der Waals surface area contributed by atoms with E-state index in [0.717, 1.165) is 36.1 Å². The molecule has 1 unspecified atom stereocenters. The van der Waals surface area contributed by atoms with Crippen molar-refractivity contribution >= 4 is 19.4 Å². The van der Waals surface area contributed by atoms with Gasteiger partial charge in [0.15, 0.2) is 5.52 Å². The monoisotopic (exact) mass is 368 g/mol. The molecule has 2 aromatic carbocycles. The van der Waals surface area contributed by atoms with Crippen LogP contribution in [0.4, 0.5) is 0 Å². The van der Waals surface area contributed by atoms with Gasteiger partial charge in [0.05, 0.1) is 20.8 Å². The molecule has 0 spiro atoms. The van der Waals surface area contributed by atoms with Gasteiger partial charge in [-0.15, -0.1) is 0 Å². The number of ether oxygens (including phenoxy) is 3. The fraction of sp³-hybridized carbons (Fsp3) is 0.350. The summed E-state index contributed by atoms with van der Waals surface area (Å²) in [4.78, 5) is 12.8. The number of unbranched alkanes of at least 4 members (excludes halogenated alkanes) is 1. The molecule has 0 fully saturated rings. The second-order valence-corrected chi connectivity index (χ2v) is 6.91. The van der Waals surface area contributed by atoms with Crippen LogP contribution in [0.25, 0.3) is 0 Å². The molecule has 0 amide bonds. The van der Waals surface area contributed by atoms with Gasteiger partial charge in [-0.2, -0.15) is 0 Å². The minimum absolute atomic E-state index is 0. The summed E-state index contributed by atoms with van der Waals surface area (Å²) < 4.78 is 16.4. The van der Waals surface area contributed by atoms with Crippen molar-refractivity contribution in [3.05, 3.63) is 47.5 Å². The van der Waals surface area contributed by atoms with Gasteiger partial charge in [0.2, 0.25) is 0 Å². The Morgan fingerprint density at radius 1 is 1.12 bits per heavy atom. The summed E-state index contributed by atoms with van der Waals surface area (Å²) in [7, 11) is 3.11. The number of aryl methyl sites for hydroxylation is 1. The molecule has 6 heteroatoms. The zero-order valence-corrected chi connectivity index (χ0v) is 17.2. The van der Waals surface area contributed by atoms with E-state index in [1.54, 1.807) is 26.4 Å². The zero-order chi connectivity index (χ0) is 18.2. The van der Waals surface area contributed by atoms with E-state index >= 15 is 0 Å². The molecule has 2 aromatic rings. The molecule has 0 saturated heterocycles. The number of carbonyl (C=O) groups is 1. The largest absolute Gasteiger partial charge is 1.00 e. The Balaban J connectivity index is 0.00000338. The van der Waals surface area contributed by atoms with Crippen molar-refractivity contribution in [3.63, 3.8) is 0 Å². The molecule has 0 aliphatic rings. The van der Waals surface area contributed by atoms with Crippen molar-refractivity contribution in [3.8, 4) is 17.2 Å². The molecule has 0 radical (unpaired) electrons. The number of hydrogen-bond donors (Lipinski definition) is 0. The maximum Gasteiger partial charge on any atom is 1.00 e. The van der Waals surface area contributed by atoms with Gasteiger partial charge in [0.25, 0.3) is 0 Å². The molecule has 0 heterocycles. The van der Waals surface area contributed by atoms with E-state index in [1.165, 1.54) is 0 Å². The average molecular weight is 368 g/mol. The van der Waals surface area contributed by atoms with Crippen molar-refractivity contribution < 1.29 is 39.3 Å². The van der Waals surface area contributed by atoms with Crippen molar-refractivity contribution in [2.45, 2.75) is 26.7 Å². The molecular formula is C20H26LiO4P. The minimum Gasteiger partial charge on any atom is -1.00 e. The summed E-state index contributed by atoms with van der Waals surface area (Å²) in [5.41, 5.74) is 1.54. The summed E-state index contributed by atoms with van der Waals surface area (Å²) in [6, 6.07) is 11.2. The van der Waals surface area contributed by atoms with Gasteiger partial charge in [-0.25, -0.2) is 0 Å². The molecule has 136 valence electrons. The molecule has 2 rings (SSSR count). The Bertz CT molecular complexity index is 718. The Morgan fingerprint density at radius 2 is 1.77 bits per heavy atom. The van der Waals surface area contributed by atoms with E-state index in [9.17, 15) is 4.79 Å². The smallest absolute Gasteiger partial charge is 1.00 e. The average Bonchev–Trinajstić information content (AvgIpc) is 2.63. The first-order valence-electron chi connectivity index (χ1n) is 8.36. The van der Waals surface area contributed by atoms with Gasteiger partial charge in [0, 0.05) is 0 Å². The SMILES string of the molecule is CCCCOc1ccc(PC(=O)c2c(OC)cccc2OC)c(C)c1.[H-].[Li+]. The van der Waals surface area contributed by atoms with Crippen LogP contribution >= 0.6 is 8.58 Å². The van der Waals surface area contributed by atoms with Crippen LogP contribution in [0.5, 0.6) is 17.2 Å². The van der Waals surface area contributed by atoms with Gasteiger partial charge < -0.3 is 15.6 Å². The Morgan fingerprint density at radius 3 is 2.31 bits per heavy atom. The van der Waals surface area contributed by atoms with E-state index in [1.807, 2.05) is 31.2 Å². The first kappa shape index (κ1) is 22.6. The second kappa shape index (κ2) is 11.3. The minimum atomic E-state index is -0.00273. The quantitative estimate of drug-likeness (QED) is 0.382. The topological polar surface area (TPSA) is 44.8 Å². The van der Waals surface area contributed by atoms with Crippen LogP contribution < -0.4 is 38.4 Å². The third kappa shape index (κ3) is 5.78. The van der Waals surface area contributed by atoms with Gasteiger partial charge >= 0.3 is 18.9 Å². The van der Waals surface area contributed by atoms with Gasteiger partial charge in [-0.1, -0.05) is 25.5 Å². The van der Waals surface area contributed by atoms with E-state index < -0.39 is 0 Å². The van der Waals surface area contributed by atoms with E-state index in [-0.39, 0.29) is 34.4 Å². The molecule has 4 nitrogen and oxygen atoms in total. The Kier molecular flexibility index (Phi) is 9.81. The Labute approximate surface area is 171 Å². The fourth-order valence-corrected chi connectivity index (χ4v) is 3.51. The van der Waals surface area contributed by atoms with Gasteiger partial charge in [-0.3, -0.25) is 4.79 Å². The van der Waals surface area contributed by atoms with Gasteiger partial charge in [0.1, 0.15) is 22.8 Å². The predicted octanol–water partition coefficient (Wildman–Crippen LogP) is 1.45. The van der Waals surface area contributed by atoms with Crippen molar-refractivity contribution in [1.82, 2.24) is 0 Å². The number of rotatable bonds is 9. The zero-order valence-electron chi connectivity index (χ0n) is 17.2. The maximum atomic E-state index is 12.8. The first-order chi connectivity index (χ1) is 12.1. The van der Waals surface area contributed by atoms with E-state index in [2.05, 4.69) is 6.92 Å². The number of carbonyl (C=O) groups excluding carboxylic acids is 1. The normalized spacial score (nSPS) is 10.5. The van der Waals surface area contributed by atoms with Gasteiger partial charge in [-0.05, 0) is 57.1 Å². The molecule has 1 atom stereocenters. The van der Waals surface area contributed by atoms with E-state index in [4.69, 9.17) is 14.2 Å². The van der Waals surface area contributed by atoms with Crippen LogP contribution in [0.1, 0.15) is 37.1 Å². The molecular weight excluding hydrogens is 342 g/mol. The summed E-state index contributed by atoms with van der Waals surface area (Å²) in [5.74, 6) is 1.92. The summed E-state index contributed by atoms with van der Waals surface area (Å²) >= 11 is 0. The Hall–Kier alpha value is -1.46. The summed E-state index contributed by atoms with van der Waals surface area (Å²) in [6.07, 6.45) is 2.14. The summed E-state index contributed by atoms with van der Waals surface area (Å²) in [6.45, 7) is 4.85. The molecule has 0 aliphatic carbocycles. The standard InChI is InChI=1S/C20H25O4P.Li.H/c1-5-6-12-24-15-10-11-18(14(2)13-15)25-20(21)19-16(22-3)8-7-9-17(19)23-4;;/h7-11,13,25H,5-6,12H2,1-4H3;;/q;+1;-1. The fourth-order valence-electron chi connectivity index (χ4n) is 2.46. The molecule has 0 bridgehead atoms. The van der Waals surface area contributed by atoms with Crippen LogP contribution in [0.2, 0.25) is 0 Å². The molecule has 0 saturated carbocycles. The van der Waals surface area contributed by atoms with Crippen molar-refractivity contribution in [2.75, 3.05) is 20.8 Å². The maximum absolute atomic E-state index is 12.8. The first-order valence-corrected chi connectivity index (χ1v) is 9.36. The third-order valence-electron chi connectivity index (χ3n) is 3.87. The molecule has 0 aromatic heterocycles. The number of hydrogen-bond acceptors (Lipinski definition) is 4. The van der Waals surface area contributed by atoms with Crippen LogP contribution in [-0.2, 0) is 0 Å². The van der Waals surface area contributed by atoms with Crippen molar-refractivity contribution in [1.29, 1.82) is 0 Å².